The predicted octanol–water partition coefficient (Wildman–Crippen LogP) is 0.688. The highest BCUT2D eigenvalue weighted by Crippen LogP contribution is 2.14. The molecule has 15 heavy (non-hydrogen) atoms. The van der Waals surface area contributed by atoms with E-state index < -0.39 is 6.10 Å². The molecule has 1 amide bonds. The van der Waals surface area contributed by atoms with Crippen molar-refractivity contribution < 1.29 is 9.90 Å². The van der Waals surface area contributed by atoms with E-state index in [9.17, 15) is 4.79 Å². The number of hydrogen-bond acceptors (Lipinski definition) is 3. The summed E-state index contributed by atoms with van der Waals surface area (Å²) in [6.07, 6.45) is -0.546. The highest BCUT2D eigenvalue weighted by atomic mass is 16.3. The molecule has 0 spiro atoms. The van der Waals surface area contributed by atoms with Crippen LogP contribution in [0.1, 0.15) is 22.8 Å². The number of anilines is 1. The molecule has 0 fully saturated rings. The summed E-state index contributed by atoms with van der Waals surface area (Å²) in [4.78, 5) is 11.6. The molecule has 0 aliphatic rings. The maximum absolute atomic E-state index is 11.6. The van der Waals surface area contributed by atoms with E-state index in [1.807, 2.05) is 0 Å². The number of nitrogens with two attached hydrogens (primary N) is 1. The fourth-order valence-corrected chi connectivity index (χ4v) is 1.24. The minimum Gasteiger partial charge on any atom is -0.398 e. The first-order chi connectivity index (χ1) is 7.02. The molecule has 4 nitrogen and oxygen atoms in total. The van der Waals surface area contributed by atoms with Gasteiger partial charge in [-0.15, -0.1) is 0 Å². The Hall–Kier alpha value is -1.55. The average Bonchev–Trinajstić information content (AvgIpc) is 2.18. The molecule has 4 heteroatoms. The van der Waals surface area contributed by atoms with Gasteiger partial charge in [0.1, 0.15) is 0 Å². The van der Waals surface area contributed by atoms with Gasteiger partial charge in [-0.05, 0) is 31.5 Å². The van der Waals surface area contributed by atoms with Crippen LogP contribution in [0.4, 0.5) is 5.69 Å². The van der Waals surface area contributed by atoms with Gasteiger partial charge in [0.25, 0.3) is 5.91 Å². The summed E-state index contributed by atoms with van der Waals surface area (Å²) < 4.78 is 0. The molecule has 0 heterocycles. The summed E-state index contributed by atoms with van der Waals surface area (Å²) in [5, 5.41) is 11.7. The Morgan fingerprint density at radius 2 is 2.27 bits per heavy atom. The van der Waals surface area contributed by atoms with Gasteiger partial charge in [0.05, 0.1) is 6.10 Å². The van der Waals surface area contributed by atoms with E-state index >= 15 is 0 Å². The van der Waals surface area contributed by atoms with E-state index in [0.29, 0.717) is 11.3 Å². The maximum Gasteiger partial charge on any atom is 0.251 e. The summed E-state index contributed by atoms with van der Waals surface area (Å²) in [5.41, 5.74) is 7.60. The smallest absolute Gasteiger partial charge is 0.251 e. The number of nitrogen functional groups attached to an aromatic ring is 1. The average molecular weight is 208 g/mol. The second-order valence-corrected chi connectivity index (χ2v) is 3.58. The molecule has 4 N–H and O–H groups in total. The van der Waals surface area contributed by atoms with Crippen LogP contribution in [0.25, 0.3) is 0 Å². The van der Waals surface area contributed by atoms with Gasteiger partial charge in [0.15, 0.2) is 0 Å². The number of hydrogen-bond donors (Lipinski definition) is 3. The first-order valence-electron chi connectivity index (χ1n) is 4.83. The van der Waals surface area contributed by atoms with Crippen LogP contribution in [0.5, 0.6) is 0 Å². The zero-order valence-electron chi connectivity index (χ0n) is 8.95. The lowest BCUT2D eigenvalue weighted by Crippen LogP contribution is -2.31. The molecule has 0 aliphatic heterocycles. The predicted molar refractivity (Wildman–Crippen MR) is 59.6 cm³/mol. The van der Waals surface area contributed by atoms with Crippen molar-refractivity contribution >= 4 is 11.6 Å². The molecule has 82 valence electrons. The highest BCUT2D eigenvalue weighted by molar-refractivity contribution is 5.96. The Balaban J connectivity index is 2.78. The molecule has 0 saturated heterocycles. The summed E-state index contributed by atoms with van der Waals surface area (Å²) in [6.45, 7) is 3.66. The van der Waals surface area contributed by atoms with Crippen LogP contribution in [0, 0.1) is 6.92 Å². The first-order valence-corrected chi connectivity index (χ1v) is 4.83. The van der Waals surface area contributed by atoms with Crippen molar-refractivity contribution in [2.75, 3.05) is 12.3 Å². The third kappa shape index (κ3) is 2.95. The van der Waals surface area contributed by atoms with E-state index in [-0.39, 0.29) is 12.5 Å². The standard InChI is InChI=1S/C11H16N2O2/c1-7(14)6-13-11(15)9-4-3-5-10(12)8(9)2/h3-5,7,14H,6,12H2,1-2H3,(H,13,15)/t7-/m1/s1. The second-order valence-electron chi connectivity index (χ2n) is 3.58. The van der Waals surface area contributed by atoms with Crippen molar-refractivity contribution in [2.45, 2.75) is 20.0 Å². The molecule has 1 aromatic carbocycles. The van der Waals surface area contributed by atoms with Gasteiger partial charge >= 0.3 is 0 Å². The van der Waals surface area contributed by atoms with E-state index in [0.717, 1.165) is 5.56 Å². The Bertz CT molecular complexity index is 362. The van der Waals surface area contributed by atoms with Gasteiger partial charge in [-0.1, -0.05) is 6.07 Å². The van der Waals surface area contributed by atoms with Crippen LogP contribution in [0.3, 0.4) is 0 Å². The van der Waals surface area contributed by atoms with Gasteiger partial charge in [-0.25, -0.2) is 0 Å². The van der Waals surface area contributed by atoms with Gasteiger partial charge in [0.2, 0.25) is 0 Å². The fraction of sp³-hybridized carbons (Fsp3) is 0.364. The molecule has 0 radical (unpaired) electrons. The number of nitrogens with one attached hydrogen (secondary N) is 1. The highest BCUT2D eigenvalue weighted by Gasteiger charge is 2.10. The normalized spacial score (nSPS) is 12.2. The van der Waals surface area contributed by atoms with Crippen LogP contribution in [0.2, 0.25) is 0 Å². The van der Waals surface area contributed by atoms with Crippen molar-refractivity contribution in [3.8, 4) is 0 Å². The quantitative estimate of drug-likeness (QED) is 0.640. The Kier molecular flexibility index (Phi) is 3.68. The van der Waals surface area contributed by atoms with Crippen molar-refractivity contribution in [2.24, 2.45) is 0 Å². The number of aliphatic hydroxyl groups excluding tert-OH is 1. The number of rotatable bonds is 3. The third-order valence-corrected chi connectivity index (χ3v) is 2.18. The molecule has 0 aromatic heterocycles. The van der Waals surface area contributed by atoms with Crippen LogP contribution >= 0.6 is 0 Å². The zero-order chi connectivity index (χ0) is 11.4. The number of carbonyl (C=O) groups is 1. The largest absolute Gasteiger partial charge is 0.398 e. The molecule has 0 unspecified atom stereocenters. The summed E-state index contributed by atoms with van der Waals surface area (Å²) in [5.74, 6) is -0.208. The van der Waals surface area contributed by atoms with Crippen LogP contribution in [-0.4, -0.2) is 23.7 Å². The summed E-state index contributed by atoms with van der Waals surface area (Å²) in [6, 6.07) is 5.20. The van der Waals surface area contributed by atoms with E-state index in [4.69, 9.17) is 10.8 Å². The summed E-state index contributed by atoms with van der Waals surface area (Å²) >= 11 is 0. The van der Waals surface area contributed by atoms with Gasteiger partial charge in [-0.3, -0.25) is 4.79 Å². The zero-order valence-corrected chi connectivity index (χ0v) is 8.95. The molecule has 1 rings (SSSR count). The van der Waals surface area contributed by atoms with Gasteiger partial charge in [0, 0.05) is 17.8 Å². The van der Waals surface area contributed by atoms with Crippen LogP contribution in [-0.2, 0) is 0 Å². The fourth-order valence-electron chi connectivity index (χ4n) is 1.24. The molecule has 0 bridgehead atoms. The molecule has 1 aromatic rings. The molecule has 0 saturated carbocycles. The monoisotopic (exact) mass is 208 g/mol. The third-order valence-electron chi connectivity index (χ3n) is 2.18. The number of carbonyl (C=O) groups excluding carboxylic acids is 1. The second kappa shape index (κ2) is 4.79. The maximum atomic E-state index is 11.6. The minimum atomic E-state index is -0.546. The SMILES string of the molecule is Cc1c(N)cccc1C(=O)NC[C@@H](C)O. The minimum absolute atomic E-state index is 0.208. The van der Waals surface area contributed by atoms with Crippen molar-refractivity contribution in [3.05, 3.63) is 29.3 Å². The molecular weight excluding hydrogens is 192 g/mol. The lowest BCUT2D eigenvalue weighted by atomic mass is 10.1. The van der Waals surface area contributed by atoms with Gasteiger partial charge in [-0.2, -0.15) is 0 Å². The number of aliphatic hydroxyl groups is 1. The summed E-state index contributed by atoms with van der Waals surface area (Å²) in [7, 11) is 0. The Labute approximate surface area is 89.1 Å². The molecule has 1 atom stereocenters. The Morgan fingerprint density at radius 1 is 1.60 bits per heavy atom. The van der Waals surface area contributed by atoms with Crippen LogP contribution in [0.15, 0.2) is 18.2 Å². The molecule has 0 aliphatic carbocycles. The lowest BCUT2D eigenvalue weighted by molar-refractivity contribution is 0.0923. The number of benzene rings is 1. The van der Waals surface area contributed by atoms with E-state index in [1.54, 1.807) is 32.0 Å². The topological polar surface area (TPSA) is 75.4 Å². The Morgan fingerprint density at radius 3 is 2.87 bits per heavy atom. The van der Waals surface area contributed by atoms with Crippen molar-refractivity contribution in [1.82, 2.24) is 5.32 Å². The van der Waals surface area contributed by atoms with E-state index in [2.05, 4.69) is 5.32 Å². The lowest BCUT2D eigenvalue weighted by Gasteiger charge is -2.10. The van der Waals surface area contributed by atoms with Gasteiger partial charge < -0.3 is 16.2 Å². The number of amides is 1. The van der Waals surface area contributed by atoms with Crippen LogP contribution < -0.4 is 11.1 Å². The van der Waals surface area contributed by atoms with Crippen molar-refractivity contribution in [3.63, 3.8) is 0 Å². The first kappa shape index (κ1) is 11.5. The van der Waals surface area contributed by atoms with Crippen molar-refractivity contribution in [1.29, 1.82) is 0 Å². The molecular formula is C11H16N2O2. The van der Waals surface area contributed by atoms with E-state index in [1.165, 1.54) is 0 Å².